The molecule has 0 N–H and O–H groups in total. The smallest absolute Gasteiger partial charge is 0.339 e. The van der Waals surface area contributed by atoms with Crippen LogP contribution in [0.3, 0.4) is 0 Å². The first-order valence-electron chi connectivity index (χ1n) is 7.86. The molecule has 1 saturated carbocycles. The van der Waals surface area contributed by atoms with Gasteiger partial charge in [0, 0.05) is 4.47 Å². The van der Waals surface area contributed by atoms with Crippen LogP contribution in [0.2, 0.25) is 0 Å². The van der Waals surface area contributed by atoms with Crippen LogP contribution in [-0.4, -0.2) is 12.1 Å². The second-order valence-electron chi connectivity index (χ2n) is 6.71. The number of aryl methyl sites for hydroxylation is 1. The molecule has 116 valence electrons. The summed E-state index contributed by atoms with van der Waals surface area (Å²) >= 11 is 3.50. The molecule has 0 bridgehead atoms. The van der Waals surface area contributed by atoms with Gasteiger partial charge in [-0.05, 0) is 65.1 Å². The maximum atomic E-state index is 12.5. The third-order valence-corrected chi connectivity index (χ3v) is 5.68. The lowest BCUT2D eigenvalue weighted by molar-refractivity contribution is -0.0174. The number of benzene rings is 1. The lowest BCUT2D eigenvalue weighted by Crippen LogP contribution is -2.36. The molecule has 1 aromatic carbocycles. The van der Waals surface area contributed by atoms with E-state index in [1.54, 1.807) is 0 Å². The molecule has 2 nitrogen and oxygen atoms in total. The van der Waals surface area contributed by atoms with Gasteiger partial charge in [-0.2, -0.15) is 0 Å². The molecule has 0 radical (unpaired) electrons. The van der Waals surface area contributed by atoms with Crippen LogP contribution in [0.5, 0.6) is 0 Å². The number of carbonyl (C=O) groups is 1. The van der Waals surface area contributed by atoms with E-state index in [4.69, 9.17) is 4.74 Å². The van der Waals surface area contributed by atoms with Crippen LogP contribution >= 0.6 is 15.9 Å². The summed E-state index contributed by atoms with van der Waals surface area (Å²) in [6, 6.07) is 5.72. The molecule has 21 heavy (non-hydrogen) atoms. The fourth-order valence-electron chi connectivity index (χ4n) is 3.26. The van der Waals surface area contributed by atoms with Gasteiger partial charge in [-0.1, -0.05) is 39.3 Å². The minimum absolute atomic E-state index is 0.0497. The minimum Gasteiger partial charge on any atom is -0.458 e. The van der Waals surface area contributed by atoms with Gasteiger partial charge in [-0.3, -0.25) is 0 Å². The molecule has 0 aliphatic heterocycles. The quantitative estimate of drug-likeness (QED) is 0.683. The lowest BCUT2D eigenvalue weighted by Gasteiger charge is -2.36. The molecule has 2 rings (SSSR count). The maximum Gasteiger partial charge on any atom is 0.339 e. The van der Waals surface area contributed by atoms with Crippen LogP contribution in [0.4, 0.5) is 0 Å². The highest BCUT2D eigenvalue weighted by Crippen LogP contribution is 2.36. The van der Waals surface area contributed by atoms with Gasteiger partial charge in [-0.15, -0.1) is 0 Å². The van der Waals surface area contributed by atoms with E-state index in [9.17, 15) is 4.79 Å². The van der Waals surface area contributed by atoms with E-state index in [0.717, 1.165) is 22.9 Å². The molecule has 1 fully saturated rings. The standard InChI is InChI=1S/C18H25BrO2/c1-11(2)14-9-8-12(3)10-16(14)21-18(20)15-7-5-6-13(4)17(15)19/h5-7,11-12,14,16H,8-10H2,1-4H3/t12-,14+,16-/m1/s1. The van der Waals surface area contributed by atoms with Crippen molar-refractivity contribution in [3.63, 3.8) is 0 Å². The van der Waals surface area contributed by atoms with Crippen molar-refractivity contribution in [3.8, 4) is 0 Å². The lowest BCUT2D eigenvalue weighted by atomic mass is 9.75. The van der Waals surface area contributed by atoms with Crippen LogP contribution in [0.1, 0.15) is 56.0 Å². The molecule has 0 amide bonds. The zero-order valence-electron chi connectivity index (χ0n) is 13.4. The van der Waals surface area contributed by atoms with Crippen LogP contribution < -0.4 is 0 Å². The number of rotatable bonds is 3. The SMILES string of the molecule is Cc1cccc(C(=O)O[C@@H]2C[C@H](C)CC[C@H]2C(C)C)c1Br. The first-order chi connectivity index (χ1) is 9.90. The van der Waals surface area contributed by atoms with E-state index in [1.807, 2.05) is 25.1 Å². The minimum atomic E-state index is -0.199. The Morgan fingerprint density at radius 1 is 1.33 bits per heavy atom. The third-order valence-electron chi connectivity index (χ3n) is 4.63. The van der Waals surface area contributed by atoms with Crippen molar-refractivity contribution in [1.82, 2.24) is 0 Å². The summed E-state index contributed by atoms with van der Waals surface area (Å²) in [4.78, 5) is 12.5. The van der Waals surface area contributed by atoms with Crippen LogP contribution in [0.15, 0.2) is 22.7 Å². The Morgan fingerprint density at radius 2 is 2.05 bits per heavy atom. The molecule has 0 heterocycles. The monoisotopic (exact) mass is 352 g/mol. The largest absolute Gasteiger partial charge is 0.458 e. The average Bonchev–Trinajstić information content (AvgIpc) is 2.41. The molecule has 0 unspecified atom stereocenters. The summed E-state index contributed by atoms with van der Waals surface area (Å²) in [6.45, 7) is 8.69. The van der Waals surface area contributed by atoms with Gasteiger partial charge in [0.1, 0.15) is 6.10 Å². The fourth-order valence-corrected chi connectivity index (χ4v) is 3.68. The van der Waals surface area contributed by atoms with Crippen molar-refractivity contribution in [3.05, 3.63) is 33.8 Å². The molecule has 0 aromatic heterocycles. The summed E-state index contributed by atoms with van der Waals surface area (Å²) in [7, 11) is 0. The summed E-state index contributed by atoms with van der Waals surface area (Å²) in [5, 5.41) is 0. The summed E-state index contributed by atoms with van der Waals surface area (Å²) in [6.07, 6.45) is 3.43. The van der Waals surface area contributed by atoms with Gasteiger partial charge >= 0.3 is 5.97 Å². The number of halogens is 1. The molecule has 3 heteroatoms. The van der Waals surface area contributed by atoms with Crippen molar-refractivity contribution >= 4 is 21.9 Å². The number of hydrogen-bond donors (Lipinski definition) is 0. The Bertz CT molecular complexity index is 510. The van der Waals surface area contributed by atoms with E-state index in [1.165, 1.54) is 6.42 Å². The van der Waals surface area contributed by atoms with Gasteiger partial charge < -0.3 is 4.74 Å². The third kappa shape index (κ3) is 3.88. The van der Waals surface area contributed by atoms with Crippen LogP contribution in [0, 0.1) is 24.7 Å². The topological polar surface area (TPSA) is 26.3 Å². The summed E-state index contributed by atoms with van der Waals surface area (Å²) < 4.78 is 6.74. The average molecular weight is 353 g/mol. The predicted octanol–water partition coefficient (Wildman–Crippen LogP) is 5.38. The van der Waals surface area contributed by atoms with Crippen molar-refractivity contribution in [1.29, 1.82) is 0 Å². The maximum absolute atomic E-state index is 12.5. The van der Waals surface area contributed by atoms with Gasteiger partial charge in [0.15, 0.2) is 0 Å². The number of esters is 1. The molecule has 1 aliphatic rings. The number of hydrogen-bond acceptors (Lipinski definition) is 2. The van der Waals surface area contributed by atoms with Gasteiger partial charge in [0.05, 0.1) is 5.56 Å². The van der Waals surface area contributed by atoms with Gasteiger partial charge in [-0.25, -0.2) is 4.79 Å². The second-order valence-corrected chi connectivity index (χ2v) is 7.50. The molecule has 1 aromatic rings. The number of ether oxygens (including phenoxy) is 1. The summed E-state index contributed by atoms with van der Waals surface area (Å²) in [5.74, 6) is 1.47. The van der Waals surface area contributed by atoms with E-state index in [0.29, 0.717) is 23.3 Å². The fraction of sp³-hybridized carbons (Fsp3) is 0.611. The van der Waals surface area contributed by atoms with Crippen molar-refractivity contribution < 1.29 is 9.53 Å². The van der Waals surface area contributed by atoms with Crippen LogP contribution in [0.25, 0.3) is 0 Å². The zero-order chi connectivity index (χ0) is 15.6. The molecule has 0 saturated heterocycles. The van der Waals surface area contributed by atoms with E-state index in [2.05, 4.69) is 36.7 Å². The highest BCUT2D eigenvalue weighted by molar-refractivity contribution is 9.10. The Balaban J connectivity index is 2.14. The Hall–Kier alpha value is -0.830. The molecule has 0 spiro atoms. The Labute approximate surface area is 136 Å². The van der Waals surface area contributed by atoms with Gasteiger partial charge in [0.2, 0.25) is 0 Å². The Kier molecular flexibility index (Phi) is 5.48. The molecule has 3 atom stereocenters. The highest BCUT2D eigenvalue weighted by atomic mass is 79.9. The molecule has 1 aliphatic carbocycles. The van der Waals surface area contributed by atoms with Crippen LogP contribution in [-0.2, 0) is 4.74 Å². The summed E-state index contributed by atoms with van der Waals surface area (Å²) in [5.41, 5.74) is 1.69. The first kappa shape index (κ1) is 16.5. The molecular weight excluding hydrogens is 328 g/mol. The Morgan fingerprint density at radius 3 is 2.71 bits per heavy atom. The van der Waals surface area contributed by atoms with E-state index in [-0.39, 0.29) is 12.1 Å². The predicted molar refractivity (Wildman–Crippen MR) is 89.4 cm³/mol. The molecular formula is C18H25BrO2. The van der Waals surface area contributed by atoms with Crippen molar-refractivity contribution in [2.75, 3.05) is 0 Å². The second kappa shape index (κ2) is 6.95. The zero-order valence-corrected chi connectivity index (χ0v) is 14.9. The highest BCUT2D eigenvalue weighted by Gasteiger charge is 2.33. The van der Waals surface area contributed by atoms with Crippen molar-refractivity contribution in [2.24, 2.45) is 17.8 Å². The number of carbonyl (C=O) groups excluding carboxylic acids is 1. The normalized spacial score (nSPS) is 25.9. The van der Waals surface area contributed by atoms with E-state index >= 15 is 0 Å². The first-order valence-corrected chi connectivity index (χ1v) is 8.65. The van der Waals surface area contributed by atoms with Gasteiger partial charge in [0.25, 0.3) is 0 Å². The van der Waals surface area contributed by atoms with E-state index < -0.39 is 0 Å². The van der Waals surface area contributed by atoms with Crippen molar-refractivity contribution in [2.45, 2.75) is 53.1 Å².